The lowest BCUT2D eigenvalue weighted by molar-refractivity contribution is -0.121. The van der Waals surface area contributed by atoms with E-state index in [1.54, 1.807) is 0 Å². The highest BCUT2D eigenvalue weighted by atomic mass is 16.3. The fourth-order valence-electron chi connectivity index (χ4n) is 6.60. The van der Waals surface area contributed by atoms with Crippen LogP contribution in [0.1, 0.15) is 86.7 Å². The molecule has 2 aromatic carbocycles. The molecule has 1 atom stereocenters. The van der Waals surface area contributed by atoms with Gasteiger partial charge in [-0.25, -0.2) is 10.1 Å². The molecule has 2 saturated carbocycles. The van der Waals surface area contributed by atoms with E-state index in [2.05, 4.69) is 65.7 Å². The summed E-state index contributed by atoms with van der Waals surface area (Å²) in [4.78, 5) is 18.0. The van der Waals surface area contributed by atoms with E-state index in [1.807, 2.05) is 18.2 Å². The zero-order valence-corrected chi connectivity index (χ0v) is 22.8. The van der Waals surface area contributed by atoms with Gasteiger partial charge in [-0.1, -0.05) is 74.2 Å². The number of carbonyl (C=O) groups is 1. The van der Waals surface area contributed by atoms with Crippen molar-refractivity contribution in [2.45, 2.75) is 76.2 Å². The molecule has 2 N–H and O–H groups in total. The van der Waals surface area contributed by atoms with Crippen molar-refractivity contribution < 1.29 is 9.90 Å². The highest BCUT2D eigenvalue weighted by Crippen LogP contribution is 2.39. The maximum Gasteiger partial charge on any atom is 0.257 e. The lowest BCUT2D eigenvalue weighted by Gasteiger charge is -2.22. The number of benzene rings is 2. The van der Waals surface area contributed by atoms with Crippen molar-refractivity contribution in [3.8, 4) is 28.4 Å². The number of aromatic hydroxyl groups is 1. The summed E-state index contributed by atoms with van der Waals surface area (Å²) in [6.45, 7) is 0.535. The summed E-state index contributed by atoms with van der Waals surface area (Å²) in [6, 6.07) is 16.4. The highest BCUT2D eigenvalue weighted by molar-refractivity contribution is 5.92. The molecule has 0 amide bonds. The van der Waals surface area contributed by atoms with Crippen molar-refractivity contribution in [1.82, 2.24) is 40.4 Å². The molecular formula is C31H32N8O2. The SMILES string of the molecule is O=C1CCCCC1c1nnc(O)c2c1nc(C1CCCCC1)n2Cc1ccc(-c2ccccc2-c2nnn[nH]2)cc1. The molecule has 0 spiro atoms. The molecule has 3 aromatic heterocycles. The van der Waals surface area contributed by atoms with Gasteiger partial charge in [0.2, 0.25) is 0 Å². The molecule has 2 aliphatic rings. The summed E-state index contributed by atoms with van der Waals surface area (Å²) in [5.74, 6) is 1.64. The first-order valence-corrected chi connectivity index (χ1v) is 14.6. The predicted octanol–water partition coefficient (Wildman–Crippen LogP) is 5.70. The van der Waals surface area contributed by atoms with Gasteiger partial charge >= 0.3 is 0 Å². The Morgan fingerprint density at radius 2 is 1.66 bits per heavy atom. The van der Waals surface area contributed by atoms with Crippen LogP contribution in [0.5, 0.6) is 5.88 Å². The van der Waals surface area contributed by atoms with Crippen LogP contribution in [-0.2, 0) is 11.3 Å². The van der Waals surface area contributed by atoms with Crippen molar-refractivity contribution in [2.24, 2.45) is 0 Å². The Kier molecular flexibility index (Phi) is 6.74. The third kappa shape index (κ3) is 4.77. The van der Waals surface area contributed by atoms with Crippen molar-refractivity contribution >= 4 is 16.8 Å². The second-order valence-corrected chi connectivity index (χ2v) is 11.3. The van der Waals surface area contributed by atoms with Gasteiger partial charge in [0.05, 0.1) is 5.92 Å². The van der Waals surface area contributed by atoms with E-state index in [0.29, 0.717) is 41.4 Å². The van der Waals surface area contributed by atoms with E-state index in [1.165, 1.54) is 19.3 Å². The number of aromatic nitrogens is 8. The van der Waals surface area contributed by atoms with E-state index in [0.717, 1.165) is 60.2 Å². The average molecular weight is 549 g/mol. The molecule has 41 heavy (non-hydrogen) atoms. The quantitative estimate of drug-likeness (QED) is 0.276. The number of carbonyl (C=O) groups excluding carboxylic acids is 1. The minimum Gasteiger partial charge on any atom is -0.491 e. The molecule has 2 fully saturated rings. The van der Waals surface area contributed by atoms with Crippen LogP contribution in [0.15, 0.2) is 48.5 Å². The Labute approximate surface area is 237 Å². The van der Waals surface area contributed by atoms with Crippen molar-refractivity contribution in [2.75, 3.05) is 0 Å². The lowest BCUT2D eigenvalue weighted by atomic mass is 9.85. The number of rotatable bonds is 6. The van der Waals surface area contributed by atoms with Crippen molar-refractivity contribution in [3.05, 3.63) is 65.6 Å². The van der Waals surface area contributed by atoms with Gasteiger partial charge in [-0.3, -0.25) is 4.79 Å². The second kappa shape index (κ2) is 10.8. The maximum absolute atomic E-state index is 12.9. The Hall–Kier alpha value is -4.47. The van der Waals surface area contributed by atoms with E-state index >= 15 is 0 Å². The van der Waals surface area contributed by atoms with E-state index in [9.17, 15) is 9.90 Å². The number of Topliss-reactive ketones (excluding diaryl/α,β-unsaturated/α-hetero) is 1. The first-order chi connectivity index (χ1) is 20.2. The number of fused-ring (bicyclic) bond motifs is 1. The van der Waals surface area contributed by atoms with E-state index < -0.39 is 0 Å². The molecule has 1 unspecified atom stereocenters. The Bertz CT molecular complexity index is 1690. The summed E-state index contributed by atoms with van der Waals surface area (Å²) in [5, 5.41) is 33.9. The van der Waals surface area contributed by atoms with Crippen LogP contribution in [-0.4, -0.2) is 51.3 Å². The van der Waals surface area contributed by atoms with E-state index in [4.69, 9.17) is 4.98 Å². The number of hydrogen-bond donors (Lipinski definition) is 2. The van der Waals surface area contributed by atoms with Gasteiger partial charge in [0.25, 0.3) is 5.88 Å². The fourth-order valence-corrected chi connectivity index (χ4v) is 6.60. The molecule has 7 rings (SSSR count). The van der Waals surface area contributed by atoms with Crippen LogP contribution in [0.25, 0.3) is 33.5 Å². The number of nitrogens with zero attached hydrogens (tertiary/aromatic N) is 7. The largest absolute Gasteiger partial charge is 0.491 e. The molecule has 10 heteroatoms. The highest BCUT2D eigenvalue weighted by Gasteiger charge is 2.32. The van der Waals surface area contributed by atoms with Crippen LogP contribution in [0, 0.1) is 0 Å². The lowest BCUT2D eigenvalue weighted by Crippen LogP contribution is -2.19. The summed E-state index contributed by atoms with van der Waals surface area (Å²) in [6.07, 6.45) is 8.92. The summed E-state index contributed by atoms with van der Waals surface area (Å²) in [5.41, 5.74) is 5.92. The Morgan fingerprint density at radius 3 is 2.41 bits per heavy atom. The smallest absolute Gasteiger partial charge is 0.257 e. The molecule has 0 bridgehead atoms. The third-order valence-corrected chi connectivity index (χ3v) is 8.69. The van der Waals surface area contributed by atoms with Gasteiger partial charge < -0.3 is 9.67 Å². The number of aromatic amines is 1. The number of hydrogen-bond acceptors (Lipinski definition) is 8. The monoisotopic (exact) mass is 548 g/mol. The first kappa shape index (κ1) is 25.5. The molecule has 0 saturated heterocycles. The zero-order valence-electron chi connectivity index (χ0n) is 22.8. The molecule has 10 nitrogen and oxygen atoms in total. The maximum atomic E-state index is 12.9. The van der Waals surface area contributed by atoms with Crippen LogP contribution in [0.4, 0.5) is 0 Å². The number of ketones is 1. The molecular weight excluding hydrogens is 516 g/mol. The molecule has 2 aliphatic carbocycles. The first-order valence-electron chi connectivity index (χ1n) is 14.6. The number of nitrogens with one attached hydrogen (secondary N) is 1. The fraction of sp³-hybridized carbons (Fsp3) is 0.387. The summed E-state index contributed by atoms with van der Waals surface area (Å²) < 4.78 is 2.12. The van der Waals surface area contributed by atoms with Crippen molar-refractivity contribution in [3.63, 3.8) is 0 Å². The normalized spacial score (nSPS) is 18.2. The minimum atomic E-state index is -0.305. The van der Waals surface area contributed by atoms with E-state index in [-0.39, 0.29) is 17.6 Å². The number of imidazole rings is 1. The third-order valence-electron chi connectivity index (χ3n) is 8.69. The van der Waals surface area contributed by atoms with Gasteiger partial charge in [0.15, 0.2) is 5.82 Å². The van der Waals surface area contributed by atoms with Crippen LogP contribution in [0.2, 0.25) is 0 Å². The van der Waals surface area contributed by atoms with Gasteiger partial charge in [-0.05, 0) is 52.8 Å². The van der Waals surface area contributed by atoms with Gasteiger partial charge in [-0.2, -0.15) is 0 Å². The summed E-state index contributed by atoms with van der Waals surface area (Å²) >= 11 is 0. The van der Waals surface area contributed by atoms with Crippen LogP contribution >= 0.6 is 0 Å². The zero-order chi connectivity index (χ0) is 27.8. The molecule has 0 aliphatic heterocycles. The van der Waals surface area contributed by atoms with Gasteiger partial charge in [-0.15, -0.1) is 15.3 Å². The van der Waals surface area contributed by atoms with Gasteiger partial charge in [0, 0.05) is 24.4 Å². The predicted molar refractivity (Wildman–Crippen MR) is 153 cm³/mol. The molecule has 3 heterocycles. The van der Waals surface area contributed by atoms with Crippen molar-refractivity contribution in [1.29, 1.82) is 0 Å². The number of H-pyrrole nitrogens is 1. The Morgan fingerprint density at radius 1 is 0.878 bits per heavy atom. The van der Waals surface area contributed by atoms with Crippen LogP contribution < -0.4 is 0 Å². The topological polar surface area (TPSA) is 135 Å². The second-order valence-electron chi connectivity index (χ2n) is 11.3. The minimum absolute atomic E-state index is 0.132. The van der Waals surface area contributed by atoms with Crippen LogP contribution in [0.3, 0.4) is 0 Å². The molecule has 208 valence electrons. The number of tetrazole rings is 1. The Balaban J connectivity index is 1.29. The van der Waals surface area contributed by atoms with Gasteiger partial charge in [0.1, 0.15) is 28.3 Å². The standard InChI is InChI=1S/C31H32N8O2/c40-25-13-7-6-12-24(25)26-27-28(31(41)36-33-26)39(30(32-27)21-8-2-1-3-9-21)18-19-14-16-20(17-15-19)22-10-4-5-11-23(22)29-34-37-38-35-29/h4-5,10-11,14-17,21,24H,1-3,6-9,12-13,18H2,(H,36,41)(H,34,35,37,38). The molecule has 0 radical (unpaired) electrons. The average Bonchev–Trinajstić information content (AvgIpc) is 3.69. The molecule has 5 aromatic rings. The summed E-state index contributed by atoms with van der Waals surface area (Å²) in [7, 11) is 0.